The van der Waals surface area contributed by atoms with E-state index in [9.17, 15) is 4.79 Å². The number of carbonyl (C=O) groups is 1. The molecule has 56 valence electrons. The second kappa shape index (κ2) is 2.73. The number of amides is 1. The summed E-state index contributed by atoms with van der Waals surface area (Å²) in [6.45, 7) is 2.63. The van der Waals surface area contributed by atoms with E-state index in [4.69, 9.17) is 4.74 Å². The van der Waals surface area contributed by atoms with E-state index in [0.29, 0.717) is 6.54 Å². The van der Waals surface area contributed by atoms with Crippen LogP contribution in [0, 0.1) is 0 Å². The van der Waals surface area contributed by atoms with Crippen LogP contribution in [0.25, 0.3) is 0 Å². The molecule has 0 spiro atoms. The molecule has 0 radical (unpaired) electrons. The first-order valence-electron chi connectivity index (χ1n) is 3.36. The number of nitrogens with zero attached hydrogens (tertiary/aromatic N) is 1. The Morgan fingerprint density at radius 3 is 2.90 bits per heavy atom. The lowest BCUT2D eigenvalue weighted by Crippen LogP contribution is -2.17. The Bertz CT molecular complexity index is 174. The number of ether oxygens (including phenoxy) is 1. The fraction of sp³-hybridized carbons (Fsp3) is 0.571. The lowest BCUT2D eigenvalue weighted by Gasteiger charge is -1.98. The molecule has 1 rings (SSSR count). The van der Waals surface area contributed by atoms with E-state index in [-0.39, 0.29) is 6.09 Å². The predicted octanol–water partition coefficient (Wildman–Crippen LogP) is 1.36. The van der Waals surface area contributed by atoms with E-state index < -0.39 is 0 Å². The molecule has 3 nitrogen and oxygen atoms in total. The Hall–Kier alpha value is -0.990. The second-order valence-corrected chi connectivity index (χ2v) is 2.30. The standard InChI is InChI=1S/C7H11NO2/c1-3-4-6-5-8(2)7(9)10-6/h4H,3,5H2,1-2H3/b6-4-. The van der Waals surface area contributed by atoms with Crippen LogP contribution in [0.4, 0.5) is 4.79 Å². The fourth-order valence-corrected chi connectivity index (χ4v) is 0.855. The van der Waals surface area contributed by atoms with Gasteiger partial charge in [0.2, 0.25) is 0 Å². The number of carbonyl (C=O) groups excluding carboxylic acids is 1. The van der Waals surface area contributed by atoms with Crippen LogP contribution >= 0.6 is 0 Å². The molecule has 1 amide bonds. The van der Waals surface area contributed by atoms with Crippen LogP contribution in [0.1, 0.15) is 13.3 Å². The van der Waals surface area contributed by atoms with Crippen LogP contribution in [0.5, 0.6) is 0 Å². The topological polar surface area (TPSA) is 29.5 Å². The van der Waals surface area contributed by atoms with Crippen LogP contribution in [0.15, 0.2) is 11.8 Å². The highest BCUT2D eigenvalue weighted by molar-refractivity contribution is 5.71. The third kappa shape index (κ3) is 1.29. The minimum Gasteiger partial charge on any atom is -0.413 e. The largest absolute Gasteiger partial charge is 0.415 e. The van der Waals surface area contributed by atoms with Crippen molar-refractivity contribution in [3.05, 3.63) is 11.8 Å². The zero-order chi connectivity index (χ0) is 7.56. The summed E-state index contributed by atoms with van der Waals surface area (Å²) in [7, 11) is 1.72. The molecule has 1 saturated heterocycles. The van der Waals surface area contributed by atoms with Gasteiger partial charge in [0.05, 0.1) is 6.54 Å². The van der Waals surface area contributed by atoms with Crippen molar-refractivity contribution in [2.24, 2.45) is 0 Å². The first kappa shape index (κ1) is 7.12. The van der Waals surface area contributed by atoms with Gasteiger partial charge in [0, 0.05) is 7.05 Å². The van der Waals surface area contributed by atoms with Crippen molar-refractivity contribution in [1.82, 2.24) is 4.90 Å². The zero-order valence-corrected chi connectivity index (χ0v) is 6.26. The molecule has 0 saturated carbocycles. The number of allylic oxidation sites excluding steroid dienone is 1. The van der Waals surface area contributed by atoms with Gasteiger partial charge in [-0.3, -0.25) is 0 Å². The maximum Gasteiger partial charge on any atom is 0.415 e. The van der Waals surface area contributed by atoms with Crippen molar-refractivity contribution < 1.29 is 9.53 Å². The number of hydrogen-bond donors (Lipinski definition) is 0. The van der Waals surface area contributed by atoms with Gasteiger partial charge in [-0.2, -0.15) is 0 Å². The van der Waals surface area contributed by atoms with E-state index >= 15 is 0 Å². The van der Waals surface area contributed by atoms with Gasteiger partial charge in [-0.15, -0.1) is 0 Å². The lowest BCUT2D eigenvalue weighted by atomic mass is 10.4. The molecule has 0 bridgehead atoms. The van der Waals surface area contributed by atoms with Crippen LogP contribution in [-0.4, -0.2) is 24.6 Å². The van der Waals surface area contributed by atoms with Crippen molar-refractivity contribution in [1.29, 1.82) is 0 Å². The van der Waals surface area contributed by atoms with Gasteiger partial charge in [-0.1, -0.05) is 6.92 Å². The van der Waals surface area contributed by atoms with Gasteiger partial charge in [0.15, 0.2) is 0 Å². The van der Waals surface area contributed by atoms with E-state index in [2.05, 4.69) is 0 Å². The van der Waals surface area contributed by atoms with Gasteiger partial charge < -0.3 is 9.64 Å². The molecule has 1 fully saturated rings. The molecule has 0 unspecified atom stereocenters. The van der Waals surface area contributed by atoms with Gasteiger partial charge in [-0.25, -0.2) is 4.79 Å². The zero-order valence-electron chi connectivity index (χ0n) is 6.26. The molecule has 0 N–H and O–H groups in total. The fourth-order valence-electron chi connectivity index (χ4n) is 0.855. The maximum absolute atomic E-state index is 10.7. The van der Waals surface area contributed by atoms with Crippen molar-refractivity contribution in [2.45, 2.75) is 13.3 Å². The Balaban J connectivity index is 2.57. The minimum atomic E-state index is -0.250. The second-order valence-electron chi connectivity index (χ2n) is 2.30. The van der Waals surface area contributed by atoms with E-state index in [1.54, 1.807) is 11.9 Å². The quantitative estimate of drug-likeness (QED) is 0.551. The highest BCUT2D eigenvalue weighted by Crippen LogP contribution is 2.12. The number of rotatable bonds is 1. The molecule has 0 aromatic heterocycles. The number of likely N-dealkylation sites (N-methyl/N-ethyl adjacent to an activating group) is 1. The van der Waals surface area contributed by atoms with Crippen LogP contribution in [-0.2, 0) is 4.74 Å². The molecule has 0 aliphatic carbocycles. The molecule has 1 aliphatic rings. The molecule has 0 atom stereocenters. The molecular weight excluding hydrogens is 130 g/mol. The Kier molecular flexibility index (Phi) is 1.94. The lowest BCUT2D eigenvalue weighted by molar-refractivity contribution is 0.175. The summed E-state index contributed by atoms with van der Waals surface area (Å²) in [5.74, 6) is 0.773. The van der Waals surface area contributed by atoms with E-state index in [1.165, 1.54) is 0 Å². The van der Waals surface area contributed by atoms with Crippen molar-refractivity contribution >= 4 is 6.09 Å². The molecule has 3 heteroatoms. The number of hydrogen-bond acceptors (Lipinski definition) is 2. The first-order valence-corrected chi connectivity index (χ1v) is 3.36. The summed E-state index contributed by atoms with van der Waals surface area (Å²) in [4.78, 5) is 12.3. The average Bonchev–Trinajstić information content (AvgIpc) is 2.14. The highest BCUT2D eigenvalue weighted by Gasteiger charge is 2.21. The van der Waals surface area contributed by atoms with Gasteiger partial charge >= 0.3 is 6.09 Å². The molecule has 10 heavy (non-hydrogen) atoms. The third-order valence-corrected chi connectivity index (χ3v) is 1.35. The molecule has 0 aromatic rings. The highest BCUT2D eigenvalue weighted by atomic mass is 16.6. The minimum absolute atomic E-state index is 0.250. The molecule has 0 aromatic carbocycles. The SMILES string of the molecule is CC/C=C1/CN(C)C(=O)O1. The number of cyclic esters (lactones) is 1. The van der Waals surface area contributed by atoms with E-state index in [0.717, 1.165) is 12.2 Å². The summed E-state index contributed by atoms with van der Waals surface area (Å²) in [6.07, 6.45) is 2.58. The normalized spacial score (nSPS) is 22.0. The van der Waals surface area contributed by atoms with Crippen LogP contribution in [0.2, 0.25) is 0 Å². The summed E-state index contributed by atoms with van der Waals surface area (Å²) in [5, 5.41) is 0. The molecule has 1 aliphatic heterocycles. The van der Waals surface area contributed by atoms with Crippen molar-refractivity contribution in [3.8, 4) is 0 Å². The summed E-state index contributed by atoms with van der Waals surface area (Å²) in [6, 6.07) is 0. The predicted molar refractivity (Wildman–Crippen MR) is 37.5 cm³/mol. The van der Waals surface area contributed by atoms with Crippen LogP contribution in [0.3, 0.4) is 0 Å². The smallest absolute Gasteiger partial charge is 0.413 e. The summed E-state index contributed by atoms with van der Waals surface area (Å²) < 4.78 is 4.86. The Morgan fingerprint density at radius 2 is 2.50 bits per heavy atom. The van der Waals surface area contributed by atoms with Crippen LogP contribution < -0.4 is 0 Å². The van der Waals surface area contributed by atoms with Gasteiger partial charge in [-0.05, 0) is 12.5 Å². The summed E-state index contributed by atoms with van der Waals surface area (Å²) in [5.41, 5.74) is 0. The monoisotopic (exact) mass is 141 g/mol. The van der Waals surface area contributed by atoms with Gasteiger partial charge in [0.1, 0.15) is 5.76 Å². The van der Waals surface area contributed by atoms with Gasteiger partial charge in [0.25, 0.3) is 0 Å². The van der Waals surface area contributed by atoms with Crippen molar-refractivity contribution in [3.63, 3.8) is 0 Å². The third-order valence-electron chi connectivity index (χ3n) is 1.35. The van der Waals surface area contributed by atoms with Crippen molar-refractivity contribution in [2.75, 3.05) is 13.6 Å². The Labute approximate surface area is 60.3 Å². The molecular formula is C7H11NO2. The Morgan fingerprint density at radius 1 is 1.80 bits per heavy atom. The average molecular weight is 141 g/mol. The first-order chi connectivity index (χ1) is 4.74. The maximum atomic E-state index is 10.7. The van der Waals surface area contributed by atoms with E-state index in [1.807, 2.05) is 13.0 Å². The molecule has 1 heterocycles. The summed E-state index contributed by atoms with van der Waals surface area (Å²) >= 11 is 0.